The monoisotopic (exact) mass is 314 g/mol. The second-order valence-electron chi connectivity index (χ2n) is 6.97. The van der Waals surface area contributed by atoms with Crippen molar-refractivity contribution in [1.29, 1.82) is 0 Å². The molecular formula is C17H22N4O2. The van der Waals surface area contributed by atoms with Gasteiger partial charge >= 0.3 is 0 Å². The van der Waals surface area contributed by atoms with Crippen LogP contribution in [0.4, 0.5) is 0 Å². The normalized spacial score (nSPS) is 24.7. The molecule has 122 valence electrons. The standard InChI is InChI=1S/C17H22N4O2/c1-12-8-13(2)21-15(18-12)9-14(19-21)16(22)20-6-3-4-17(10-20)5-7-23-11-17/h8-9H,3-7,10-11H2,1-2H3/t17-/m0/s1. The molecule has 4 rings (SSSR count). The number of hydrogen-bond donors (Lipinski definition) is 0. The molecule has 2 saturated heterocycles. The van der Waals surface area contributed by atoms with E-state index in [2.05, 4.69) is 10.1 Å². The minimum atomic E-state index is 0.0125. The molecule has 2 aromatic rings. The van der Waals surface area contributed by atoms with E-state index >= 15 is 0 Å². The first-order valence-electron chi connectivity index (χ1n) is 8.27. The fourth-order valence-electron chi connectivity index (χ4n) is 3.91. The third-order valence-corrected chi connectivity index (χ3v) is 5.09. The molecule has 1 spiro atoms. The number of piperidine rings is 1. The highest BCUT2D eigenvalue weighted by Crippen LogP contribution is 2.37. The molecule has 0 bridgehead atoms. The Bertz CT molecular complexity index is 761. The first kappa shape index (κ1) is 14.6. The molecule has 23 heavy (non-hydrogen) atoms. The maximum Gasteiger partial charge on any atom is 0.274 e. The van der Waals surface area contributed by atoms with Gasteiger partial charge in [-0.3, -0.25) is 4.79 Å². The van der Waals surface area contributed by atoms with Crippen molar-refractivity contribution < 1.29 is 9.53 Å². The fraction of sp³-hybridized carbons (Fsp3) is 0.588. The Hall–Kier alpha value is -1.95. The number of rotatable bonds is 1. The molecule has 0 N–H and O–H groups in total. The van der Waals surface area contributed by atoms with Crippen LogP contribution in [0.25, 0.3) is 5.65 Å². The molecule has 6 heteroatoms. The average Bonchev–Trinajstić information content (AvgIpc) is 3.14. The Morgan fingerprint density at radius 3 is 2.96 bits per heavy atom. The van der Waals surface area contributed by atoms with E-state index in [4.69, 9.17) is 4.74 Å². The molecule has 0 unspecified atom stereocenters. The minimum absolute atomic E-state index is 0.0125. The number of carbonyl (C=O) groups is 1. The smallest absolute Gasteiger partial charge is 0.274 e. The van der Waals surface area contributed by atoms with Crippen molar-refractivity contribution in [1.82, 2.24) is 19.5 Å². The van der Waals surface area contributed by atoms with Crippen LogP contribution in [0, 0.1) is 19.3 Å². The van der Waals surface area contributed by atoms with Crippen LogP contribution in [0.1, 0.15) is 41.1 Å². The predicted molar refractivity (Wildman–Crippen MR) is 85.5 cm³/mol. The molecule has 0 saturated carbocycles. The second kappa shape index (κ2) is 5.30. The van der Waals surface area contributed by atoms with Crippen LogP contribution in [0.3, 0.4) is 0 Å². The molecule has 1 amide bonds. The predicted octanol–water partition coefficient (Wildman–Crippen LogP) is 1.99. The zero-order valence-electron chi connectivity index (χ0n) is 13.7. The highest BCUT2D eigenvalue weighted by Gasteiger charge is 2.40. The van der Waals surface area contributed by atoms with Gasteiger partial charge in [0.1, 0.15) is 0 Å². The van der Waals surface area contributed by atoms with Crippen LogP contribution in [-0.4, -0.2) is 51.7 Å². The van der Waals surface area contributed by atoms with Crippen LogP contribution in [0.15, 0.2) is 12.1 Å². The second-order valence-corrected chi connectivity index (χ2v) is 6.97. The van der Waals surface area contributed by atoms with Crippen molar-refractivity contribution in [2.75, 3.05) is 26.3 Å². The summed E-state index contributed by atoms with van der Waals surface area (Å²) in [7, 11) is 0. The van der Waals surface area contributed by atoms with Crippen molar-refractivity contribution in [3.8, 4) is 0 Å². The summed E-state index contributed by atoms with van der Waals surface area (Å²) in [5, 5.41) is 4.48. The molecular weight excluding hydrogens is 292 g/mol. The summed E-state index contributed by atoms with van der Waals surface area (Å²) >= 11 is 0. The molecule has 0 radical (unpaired) electrons. The summed E-state index contributed by atoms with van der Waals surface area (Å²) in [4.78, 5) is 19.3. The zero-order valence-corrected chi connectivity index (χ0v) is 13.7. The van der Waals surface area contributed by atoms with Gasteiger partial charge in [-0.25, -0.2) is 9.50 Å². The fourth-order valence-corrected chi connectivity index (χ4v) is 3.91. The van der Waals surface area contributed by atoms with E-state index in [1.165, 1.54) is 0 Å². The van der Waals surface area contributed by atoms with Crippen LogP contribution in [-0.2, 0) is 4.74 Å². The Morgan fingerprint density at radius 1 is 1.30 bits per heavy atom. The van der Waals surface area contributed by atoms with E-state index in [1.54, 1.807) is 10.6 Å². The third kappa shape index (κ3) is 2.51. The molecule has 2 aliphatic heterocycles. The lowest BCUT2D eigenvalue weighted by molar-refractivity contribution is 0.0457. The van der Waals surface area contributed by atoms with E-state index in [9.17, 15) is 4.79 Å². The maximum absolute atomic E-state index is 12.9. The summed E-state index contributed by atoms with van der Waals surface area (Å²) in [6.07, 6.45) is 3.25. The van der Waals surface area contributed by atoms with Crippen LogP contribution >= 0.6 is 0 Å². The number of ether oxygens (including phenoxy) is 1. The topological polar surface area (TPSA) is 59.7 Å². The van der Waals surface area contributed by atoms with Crippen molar-refractivity contribution in [2.24, 2.45) is 5.41 Å². The Labute approximate surface area is 135 Å². The third-order valence-electron chi connectivity index (χ3n) is 5.09. The maximum atomic E-state index is 12.9. The van der Waals surface area contributed by atoms with Gasteiger partial charge in [0, 0.05) is 42.6 Å². The summed E-state index contributed by atoms with van der Waals surface area (Å²) in [5.41, 5.74) is 3.32. The van der Waals surface area contributed by atoms with Gasteiger partial charge in [0.15, 0.2) is 11.3 Å². The van der Waals surface area contributed by atoms with Gasteiger partial charge in [-0.1, -0.05) is 0 Å². The molecule has 0 aromatic carbocycles. The first-order chi connectivity index (χ1) is 11.1. The van der Waals surface area contributed by atoms with Gasteiger partial charge in [0.2, 0.25) is 0 Å². The SMILES string of the molecule is Cc1cc(C)n2nc(C(=O)N3CCC[C@]4(CCOC4)C3)cc2n1. The van der Waals surface area contributed by atoms with Crippen LogP contribution in [0.2, 0.25) is 0 Å². The lowest BCUT2D eigenvalue weighted by Crippen LogP contribution is -2.46. The molecule has 1 atom stereocenters. The molecule has 2 aliphatic rings. The van der Waals surface area contributed by atoms with E-state index in [-0.39, 0.29) is 11.3 Å². The molecule has 2 fully saturated rings. The zero-order chi connectivity index (χ0) is 16.0. The number of amides is 1. The number of aryl methyl sites for hydroxylation is 2. The number of carbonyl (C=O) groups excluding carboxylic acids is 1. The highest BCUT2D eigenvalue weighted by molar-refractivity contribution is 5.93. The summed E-state index contributed by atoms with van der Waals surface area (Å²) in [6, 6.07) is 3.77. The number of nitrogens with zero attached hydrogens (tertiary/aromatic N) is 4. The molecule has 4 heterocycles. The lowest BCUT2D eigenvalue weighted by atomic mass is 9.79. The van der Waals surface area contributed by atoms with E-state index in [1.807, 2.05) is 24.8 Å². The Balaban J connectivity index is 1.62. The highest BCUT2D eigenvalue weighted by atomic mass is 16.5. The van der Waals surface area contributed by atoms with Crippen molar-refractivity contribution in [3.05, 3.63) is 29.2 Å². The minimum Gasteiger partial charge on any atom is -0.381 e. The summed E-state index contributed by atoms with van der Waals surface area (Å²) < 4.78 is 7.33. The van der Waals surface area contributed by atoms with Gasteiger partial charge in [-0.05, 0) is 39.2 Å². The van der Waals surface area contributed by atoms with Crippen LogP contribution < -0.4 is 0 Å². The van der Waals surface area contributed by atoms with E-state index in [0.29, 0.717) is 5.69 Å². The summed E-state index contributed by atoms with van der Waals surface area (Å²) in [5.74, 6) is 0.0125. The quantitative estimate of drug-likeness (QED) is 0.807. The lowest BCUT2D eigenvalue weighted by Gasteiger charge is -2.39. The van der Waals surface area contributed by atoms with Crippen molar-refractivity contribution in [2.45, 2.75) is 33.1 Å². The van der Waals surface area contributed by atoms with Gasteiger partial charge < -0.3 is 9.64 Å². The number of fused-ring (bicyclic) bond motifs is 1. The van der Waals surface area contributed by atoms with Gasteiger partial charge in [-0.15, -0.1) is 0 Å². The van der Waals surface area contributed by atoms with Crippen LogP contribution in [0.5, 0.6) is 0 Å². The number of aromatic nitrogens is 3. The largest absolute Gasteiger partial charge is 0.381 e. The van der Waals surface area contributed by atoms with Gasteiger partial charge in [0.25, 0.3) is 5.91 Å². The van der Waals surface area contributed by atoms with Crippen molar-refractivity contribution >= 4 is 11.6 Å². The molecule has 2 aromatic heterocycles. The molecule has 6 nitrogen and oxygen atoms in total. The average molecular weight is 314 g/mol. The number of hydrogen-bond acceptors (Lipinski definition) is 4. The number of likely N-dealkylation sites (tertiary alicyclic amines) is 1. The van der Waals surface area contributed by atoms with E-state index < -0.39 is 0 Å². The molecule has 0 aliphatic carbocycles. The Morgan fingerprint density at radius 2 is 2.17 bits per heavy atom. The van der Waals surface area contributed by atoms with Gasteiger partial charge in [-0.2, -0.15) is 5.10 Å². The summed E-state index contributed by atoms with van der Waals surface area (Å²) in [6.45, 7) is 7.12. The Kier molecular flexibility index (Phi) is 3.37. The van der Waals surface area contributed by atoms with Gasteiger partial charge in [0.05, 0.1) is 6.61 Å². The van der Waals surface area contributed by atoms with Crippen molar-refractivity contribution in [3.63, 3.8) is 0 Å². The van der Waals surface area contributed by atoms with E-state index in [0.717, 1.165) is 62.6 Å². The first-order valence-corrected chi connectivity index (χ1v) is 8.27.